The number of hydrogen-bond donors (Lipinski definition) is 8. The van der Waals surface area contributed by atoms with Crippen LogP contribution in [0.2, 0.25) is 0 Å². The molecule has 0 saturated heterocycles. The van der Waals surface area contributed by atoms with Gasteiger partial charge in [-0.2, -0.15) is 67.8 Å². The monoisotopic (exact) mass is 1430 g/mol. The number of alkyl halides is 6. The summed E-state index contributed by atoms with van der Waals surface area (Å²) in [6.07, 6.45) is 8.43. The predicted molar refractivity (Wildman–Crippen MR) is 311 cm³/mol. The first-order valence-corrected chi connectivity index (χ1v) is 27.1. The van der Waals surface area contributed by atoms with Gasteiger partial charge in [-0.15, -0.1) is 0 Å². The molecule has 0 aromatic carbocycles. The quantitative estimate of drug-likeness (QED) is 0.0288. The van der Waals surface area contributed by atoms with E-state index >= 15 is 0 Å². The molecule has 0 amide bonds. The molecule has 0 saturated carbocycles. The van der Waals surface area contributed by atoms with Crippen LogP contribution in [0.1, 0.15) is 142 Å². The summed E-state index contributed by atoms with van der Waals surface area (Å²) in [6.45, 7) is 7.86. The molecule has 0 fully saturated rings. The van der Waals surface area contributed by atoms with Gasteiger partial charge in [0.05, 0.1) is 31.6 Å². The van der Waals surface area contributed by atoms with Crippen LogP contribution in [0, 0.1) is 5.92 Å². The van der Waals surface area contributed by atoms with Crippen LogP contribution in [0.4, 0.5) is 26.3 Å². The molecular formula is C54H64F6N18Na2O19. The van der Waals surface area contributed by atoms with Crippen molar-refractivity contribution in [3.63, 3.8) is 0 Å². The Balaban J connectivity index is 0. The smallest absolute Gasteiger partial charge is 0.543 e. The zero-order chi connectivity index (χ0) is 73.7. The SMILES string of the molecule is CC(C)Cn1ccc(C(=O)O)n1.CC(C)n1ccc(C(=O)O)n1.CCn1ccc(C(=O)O)n1.COCCn1ccc(C(=O)[O-])n1.Cn1ccc(C(=O)O)n1.O=C(O)c1ccn(C(F)F)n1.O=C(O)c1ccn(CC(F)(F)F)n1.O=C(O)c1ccn[nH]1.O=C([O-])c1ccn(CCF)n1.[Na+].[Na+]. The number of carbonyl (C=O) groups excluding carboxylic acids is 2. The summed E-state index contributed by atoms with van der Waals surface area (Å²) in [5.74, 6) is -9.70. The predicted octanol–water partition coefficient (Wildman–Crippen LogP) is -2.54. The van der Waals surface area contributed by atoms with E-state index in [2.05, 4.69) is 64.8 Å². The van der Waals surface area contributed by atoms with Gasteiger partial charge in [-0.25, -0.2) is 42.6 Å². The molecule has 0 radical (unpaired) electrons. The van der Waals surface area contributed by atoms with E-state index in [-0.39, 0.29) is 122 Å². The molecule has 0 aliphatic rings. The number of nitrogens with one attached hydrogen (secondary N) is 1. The number of aryl methyl sites for hydroxylation is 3. The summed E-state index contributed by atoms with van der Waals surface area (Å²) >= 11 is 0. The fraction of sp³-hybridized carbons (Fsp3) is 0.333. The second-order valence-corrected chi connectivity index (χ2v) is 18.8. The molecule has 37 nitrogen and oxygen atoms in total. The number of rotatable bonds is 20. The third-order valence-corrected chi connectivity index (χ3v) is 10.4. The van der Waals surface area contributed by atoms with Crippen LogP contribution in [0.3, 0.4) is 0 Å². The van der Waals surface area contributed by atoms with E-state index in [9.17, 15) is 79.7 Å². The minimum atomic E-state index is -4.39. The van der Waals surface area contributed by atoms with E-state index in [0.717, 1.165) is 31.1 Å². The fourth-order valence-electron chi connectivity index (χ4n) is 6.02. The number of aromatic amines is 1. The van der Waals surface area contributed by atoms with Gasteiger partial charge in [0.2, 0.25) is 0 Å². The fourth-order valence-corrected chi connectivity index (χ4v) is 6.02. The number of carboxylic acids is 9. The van der Waals surface area contributed by atoms with Crippen molar-refractivity contribution in [2.24, 2.45) is 13.0 Å². The normalized spacial score (nSPS) is 10.0. The topological polar surface area (TPSA) is 522 Å². The molecule has 0 aliphatic heterocycles. The number of ether oxygens (including phenoxy) is 1. The molecular weight excluding hydrogens is 1360 g/mol. The van der Waals surface area contributed by atoms with Crippen LogP contribution < -0.4 is 69.3 Å². The van der Waals surface area contributed by atoms with Gasteiger partial charge in [-0.05, 0) is 81.3 Å². The Morgan fingerprint density at radius 2 is 0.869 bits per heavy atom. The zero-order valence-electron chi connectivity index (χ0n) is 54.0. The Morgan fingerprint density at radius 3 is 1.15 bits per heavy atom. The molecule has 9 aromatic rings. The summed E-state index contributed by atoms with van der Waals surface area (Å²) in [7, 11) is 3.25. The molecule has 0 bridgehead atoms. The number of methoxy groups -OCH3 is 1. The summed E-state index contributed by atoms with van der Waals surface area (Å²) in [5, 5.41) is 113. The third kappa shape index (κ3) is 37.7. The van der Waals surface area contributed by atoms with Crippen molar-refractivity contribution in [2.75, 3.05) is 20.4 Å². The average Bonchev–Trinajstić information content (AvgIpc) is 1.71. The molecule has 9 heterocycles. The number of carbonyl (C=O) groups is 9. The standard InChI is InChI=1S/C8H12N2O2.C7H10N2O3.C7H10N2O2.C6H5F3N2O2.C6H7FN2O2.C6H8N2O2.C5H4F2N2O2.C5H6N2O2.C4H4N2O2.2Na/c1-6(2)5-10-4-3-7(9-10)8(11)12;1-12-5-4-9-3-2-6(8-9)7(10)11;1-5(2)9-4-3-6(8-9)7(10)11;7-6(8,9)3-11-2-1-4(10-11)5(12)13;7-2-4-9-3-1-5(8-9)6(10)11;1-2-8-4-3-5(7-8)6(9)10;6-5(7)9-2-1-3(8-9)4(10)11;1-7-3-2-4(6-7)5(8)9;7-4(8)3-1-2-5-6-3;;/h3-4,6H,5H2,1-2H3,(H,11,12);2-3H,4-5H2,1H3,(H,10,11);3-5H,1-2H3,(H,10,11);1-2H,3H2,(H,12,13);1,3H,2,4H2,(H,10,11);3-4H,2H2,1H3,(H,9,10);1-2,5H,(H,10,11);2-3H,1H3,(H,8,9);1-2H,(H,5,6)(H,7,8);;/q;;;;;;;;;2*+1/p-2. The maximum atomic E-state index is 11.8. The summed E-state index contributed by atoms with van der Waals surface area (Å²) in [6, 6.07) is 12.2. The van der Waals surface area contributed by atoms with Crippen molar-refractivity contribution >= 4 is 53.7 Å². The van der Waals surface area contributed by atoms with E-state index in [0.29, 0.717) is 30.3 Å². The molecule has 0 unspecified atom stereocenters. The minimum Gasteiger partial charge on any atom is -0.543 e. The number of nitrogens with zero attached hydrogens (tertiary/aromatic N) is 17. The number of carboxylic acid groups (broad SMARTS) is 9. The van der Waals surface area contributed by atoms with Crippen molar-refractivity contribution in [1.29, 1.82) is 0 Å². The van der Waals surface area contributed by atoms with E-state index in [1.165, 1.54) is 68.9 Å². The maximum absolute atomic E-state index is 11.8. The first-order valence-electron chi connectivity index (χ1n) is 27.1. The maximum Gasteiger partial charge on any atom is 1.00 e. The Hall–Kier alpha value is -10.3. The first-order chi connectivity index (χ1) is 45.4. The van der Waals surface area contributed by atoms with Crippen LogP contribution in [0.5, 0.6) is 0 Å². The number of aromatic nitrogens is 18. The molecule has 0 atom stereocenters. The average molecular weight is 1430 g/mol. The van der Waals surface area contributed by atoms with Gasteiger partial charge in [0.25, 0.3) is 0 Å². The van der Waals surface area contributed by atoms with Gasteiger partial charge in [-0.1, -0.05) is 13.8 Å². The van der Waals surface area contributed by atoms with Crippen LogP contribution in [-0.2, 0) is 44.5 Å². The molecule has 99 heavy (non-hydrogen) atoms. The van der Waals surface area contributed by atoms with Crippen molar-refractivity contribution < 1.29 is 179 Å². The molecule has 9 aromatic heterocycles. The largest absolute Gasteiger partial charge is 1.00 e. The van der Waals surface area contributed by atoms with Crippen LogP contribution in [0.25, 0.3) is 0 Å². The second kappa shape index (κ2) is 46.8. The molecule has 45 heteroatoms. The molecule has 9 rings (SSSR count). The summed E-state index contributed by atoms with van der Waals surface area (Å²) in [5.41, 5.74) is -0.502. The molecule has 528 valence electrons. The number of hydrogen-bond acceptors (Lipinski definition) is 21. The number of halogens is 6. The minimum absolute atomic E-state index is 0. The Labute approximate surface area is 599 Å². The molecule has 0 aliphatic carbocycles. The number of H-pyrrole nitrogens is 1. The van der Waals surface area contributed by atoms with Gasteiger partial charge in [0, 0.05) is 89.1 Å². The van der Waals surface area contributed by atoms with Crippen molar-refractivity contribution in [3.8, 4) is 0 Å². The third-order valence-electron chi connectivity index (χ3n) is 10.4. The van der Waals surface area contributed by atoms with E-state index in [4.69, 9.17) is 40.5 Å². The molecule has 0 spiro atoms. The Morgan fingerprint density at radius 1 is 0.505 bits per heavy atom. The van der Waals surface area contributed by atoms with Crippen molar-refractivity contribution in [1.82, 2.24) is 88.4 Å². The second-order valence-electron chi connectivity index (χ2n) is 18.8. The van der Waals surface area contributed by atoms with Gasteiger partial charge in [0.15, 0.2) is 34.2 Å². The van der Waals surface area contributed by atoms with Crippen molar-refractivity contribution in [2.45, 2.75) is 86.1 Å². The van der Waals surface area contributed by atoms with E-state index in [1.807, 2.05) is 20.8 Å². The van der Waals surface area contributed by atoms with Crippen LogP contribution in [0.15, 0.2) is 110 Å². The summed E-state index contributed by atoms with van der Waals surface area (Å²) in [4.78, 5) is 91.9. The van der Waals surface area contributed by atoms with Gasteiger partial charge in [0.1, 0.15) is 30.3 Å². The van der Waals surface area contributed by atoms with Crippen LogP contribution >= 0.6 is 0 Å². The Kier molecular flexibility index (Phi) is 42.8. The van der Waals surface area contributed by atoms with Crippen molar-refractivity contribution in [3.05, 3.63) is 162 Å². The summed E-state index contributed by atoms with van der Waals surface area (Å²) < 4.78 is 85.0. The van der Waals surface area contributed by atoms with E-state index in [1.54, 1.807) is 59.2 Å². The molecule has 8 N–H and O–H groups in total. The van der Waals surface area contributed by atoms with Crippen LogP contribution in [-0.4, -0.2) is 204 Å². The van der Waals surface area contributed by atoms with Gasteiger partial charge < -0.3 is 60.3 Å². The van der Waals surface area contributed by atoms with E-state index < -0.39 is 85.4 Å². The Bertz CT molecular complexity index is 3840. The van der Waals surface area contributed by atoms with Gasteiger partial charge in [-0.3, -0.25) is 37.9 Å². The van der Waals surface area contributed by atoms with Gasteiger partial charge >= 0.3 is 114 Å². The zero-order valence-corrected chi connectivity index (χ0v) is 58.0. The number of aromatic carboxylic acids is 9. The first kappa shape index (κ1) is 90.7.